The molecule has 6 heteroatoms. The second-order valence-corrected chi connectivity index (χ2v) is 4.82. The lowest BCUT2D eigenvalue weighted by Gasteiger charge is -1.89. The molecule has 0 unspecified atom stereocenters. The average Bonchev–Trinajstić information content (AvgIpc) is 2.93. The molecular weight excluding hydrogens is 228 g/mol. The highest BCUT2D eigenvalue weighted by Gasteiger charge is 2.10. The third kappa shape index (κ3) is 1.38. The Labute approximate surface area is 94.0 Å². The number of hydrogen-bond donors (Lipinski definition) is 1. The molecule has 0 aliphatic carbocycles. The van der Waals surface area contributed by atoms with Gasteiger partial charge in [0, 0.05) is 11.9 Å². The van der Waals surface area contributed by atoms with Crippen molar-refractivity contribution in [2.75, 3.05) is 0 Å². The summed E-state index contributed by atoms with van der Waals surface area (Å²) >= 11 is 3.21. The van der Waals surface area contributed by atoms with Gasteiger partial charge in [0.25, 0.3) is 0 Å². The molecule has 2 N–H and O–H groups in total. The Morgan fingerprint density at radius 3 is 3.07 bits per heavy atom. The van der Waals surface area contributed by atoms with Crippen molar-refractivity contribution in [1.29, 1.82) is 0 Å². The molecule has 0 atom stereocenters. The largest absolute Gasteiger partial charge is 0.325 e. The second-order valence-electron chi connectivity index (χ2n) is 3.04. The van der Waals surface area contributed by atoms with Gasteiger partial charge in [-0.25, -0.2) is 4.52 Å². The monoisotopic (exact) mass is 236 g/mol. The molecule has 3 aromatic rings. The average molecular weight is 236 g/mol. The van der Waals surface area contributed by atoms with Crippen LogP contribution in [0, 0.1) is 0 Å². The van der Waals surface area contributed by atoms with Gasteiger partial charge < -0.3 is 5.73 Å². The lowest BCUT2D eigenvalue weighted by atomic mass is 10.4. The van der Waals surface area contributed by atoms with Gasteiger partial charge in [-0.2, -0.15) is 4.98 Å². The minimum absolute atomic E-state index is 0.493. The van der Waals surface area contributed by atoms with Crippen LogP contribution >= 0.6 is 22.7 Å². The first kappa shape index (κ1) is 9.02. The van der Waals surface area contributed by atoms with Crippen molar-refractivity contribution in [3.05, 3.63) is 28.6 Å². The molecule has 0 aromatic carbocycles. The van der Waals surface area contributed by atoms with E-state index in [9.17, 15) is 0 Å². The van der Waals surface area contributed by atoms with E-state index >= 15 is 0 Å². The van der Waals surface area contributed by atoms with Crippen molar-refractivity contribution in [1.82, 2.24) is 14.6 Å². The quantitative estimate of drug-likeness (QED) is 0.740. The zero-order valence-corrected chi connectivity index (χ0v) is 9.38. The maximum absolute atomic E-state index is 5.61. The summed E-state index contributed by atoms with van der Waals surface area (Å²) in [6, 6.07) is 4.02. The van der Waals surface area contributed by atoms with Crippen LogP contribution in [0.1, 0.15) is 5.69 Å². The minimum atomic E-state index is 0.493. The van der Waals surface area contributed by atoms with E-state index in [1.54, 1.807) is 22.7 Å². The predicted molar refractivity (Wildman–Crippen MR) is 62.1 cm³/mol. The molecule has 15 heavy (non-hydrogen) atoms. The van der Waals surface area contributed by atoms with Crippen molar-refractivity contribution in [3.63, 3.8) is 0 Å². The summed E-state index contributed by atoms with van der Waals surface area (Å²) in [5.41, 5.74) is 6.61. The van der Waals surface area contributed by atoms with E-state index in [4.69, 9.17) is 5.73 Å². The molecule has 0 radical (unpaired) electrons. The predicted octanol–water partition coefficient (Wildman–Crippen LogP) is 1.98. The van der Waals surface area contributed by atoms with Gasteiger partial charge in [-0.1, -0.05) is 6.07 Å². The van der Waals surface area contributed by atoms with Gasteiger partial charge in [0.05, 0.1) is 10.6 Å². The molecule has 0 fully saturated rings. The van der Waals surface area contributed by atoms with Crippen molar-refractivity contribution in [2.24, 2.45) is 5.73 Å². The highest BCUT2D eigenvalue weighted by atomic mass is 32.1. The first-order valence-corrected chi connectivity index (χ1v) is 6.21. The molecule has 0 aliphatic rings. The molecule has 0 spiro atoms. The highest BCUT2D eigenvalue weighted by Crippen LogP contribution is 2.24. The van der Waals surface area contributed by atoms with Gasteiger partial charge in [0.1, 0.15) is 0 Å². The lowest BCUT2D eigenvalue weighted by molar-refractivity contribution is 0.869. The summed E-state index contributed by atoms with van der Waals surface area (Å²) in [5.74, 6) is 0.784. The van der Waals surface area contributed by atoms with Crippen LogP contribution in [0.25, 0.3) is 15.7 Å². The van der Waals surface area contributed by atoms with Crippen molar-refractivity contribution >= 4 is 27.6 Å². The van der Waals surface area contributed by atoms with E-state index in [0.29, 0.717) is 6.54 Å². The molecule has 4 nitrogen and oxygen atoms in total. The zero-order chi connectivity index (χ0) is 10.3. The van der Waals surface area contributed by atoms with Gasteiger partial charge in [0.2, 0.25) is 4.96 Å². The van der Waals surface area contributed by atoms with Crippen molar-refractivity contribution in [3.8, 4) is 10.7 Å². The molecule has 76 valence electrons. The summed E-state index contributed by atoms with van der Waals surface area (Å²) in [5, 5.41) is 8.45. The van der Waals surface area contributed by atoms with Crippen LogP contribution in [0.4, 0.5) is 0 Å². The number of nitrogens with two attached hydrogens (primary N) is 1. The second kappa shape index (κ2) is 3.41. The molecule has 0 saturated heterocycles. The van der Waals surface area contributed by atoms with Crippen LogP contribution in [-0.2, 0) is 6.54 Å². The third-order valence-electron chi connectivity index (χ3n) is 2.10. The Morgan fingerprint density at radius 1 is 1.40 bits per heavy atom. The number of aromatic nitrogens is 3. The minimum Gasteiger partial charge on any atom is -0.325 e. The van der Waals surface area contributed by atoms with Crippen LogP contribution in [-0.4, -0.2) is 14.6 Å². The SMILES string of the molecule is NCc1csc2nc(-c3cccs3)nn12. The fourth-order valence-electron chi connectivity index (χ4n) is 1.38. The number of nitrogens with zero attached hydrogens (tertiary/aromatic N) is 3. The van der Waals surface area contributed by atoms with E-state index in [-0.39, 0.29) is 0 Å². The van der Waals surface area contributed by atoms with Gasteiger partial charge in [0.15, 0.2) is 5.82 Å². The normalized spacial score (nSPS) is 11.3. The maximum Gasteiger partial charge on any atom is 0.212 e. The van der Waals surface area contributed by atoms with Gasteiger partial charge in [-0.15, -0.1) is 27.8 Å². The summed E-state index contributed by atoms with van der Waals surface area (Å²) in [7, 11) is 0. The summed E-state index contributed by atoms with van der Waals surface area (Å²) in [6.07, 6.45) is 0. The fourth-order valence-corrected chi connectivity index (χ4v) is 2.86. The number of thiophene rings is 1. The van der Waals surface area contributed by atoms with Gasteiger partial charge >= 0.3 is 0 Å². The van der Waals surface area contributed by atoms with Gasteiger partial charge in [-0.05, 0) is 11.4 Å². The van der Waals surface area contributed by atoms with Crippen molar-refractivity contribution in [2.45, 2.75) is 6.54 Å². The summed E-state index contributed by atoms with van der Waals surface area (Å²) in [6.45, 7) is 0.493. The molecule has 0 saturated carbocycles. The Balaban J connectivity index is 2.19. The zero-order valence-electron chi connectivity index (χ0n) is 7.75. The Morgan fingerprint density at radius 2 is 2.33 bits per heavy atom. The van der Waals surface area contributed by atoms with E-state index in [0.717, 1.165) is 21.4 Å². The molecule has 3 aromatic heterocycles. The molecule has 0 bridgehead atoms. The Bertz CT molecular complexity index is 578. The first-order valence-electron chi connectivity index (χ1n) is 4.45. The number of rotatable bonds is 2. The number of hydrogen-bond acceptors (Lipinski definition) is 5. The molecular formula is C9H8N4S2. The molecule has 3 heterocycles. The van der Waals surface area contributed by atoms with E-state index < -0.39 is 0 Å². The van der Waals surface area contributed by atoms with Crippen LogP contribution in [0.2, 0.25) is 0 Å². The van der Waals surface area contributed by atoms with Gasteiger partial charge in [-0.3, -0.25) is 0 Å². The maximum atomic E-state index is 5.61. The topological polar surface area (TPSA) is 56.2 Å². The first-order chi connectivity index (χ1) is 7.38. The van der Waals surface area contributed by atoms with Crippen LogP contribution < -0.4 is 5.73 Å². The Kier molecular flexibility index (Phi) is 2.05. The van der Waals surface area contributed by atoms with E-state index in [1.807, 2.05) is 27.4 Å². The summed E-state index contributed by atoms with van der Waals surface area (Å²) in [4.78, 5) is 6.44. The number of fused-ring (bicyclic) bond motifs is 1. The summed E-state index contributed by atoms with van der Waals surface area (Å²) < 4.78 is 1.82. The lowest BCUT2D eigenvalue weighted by Crippen LogP contribution is -2.00. The standard InChI is InChI=1S/C9H8N4S2/c10-4-6-5-15-9-11-8(12-13(6)9)7-2-1-3-14-7/h1-3,5H,4,10H2. The van der Waals surface area contributed by atoms with Crippen LogP contribution in [0.5, 0.6) is 0 Å². The Hall–Kier alpha value is -1.24. The smallest absolute Gasteiger partial charge is 0.212 e. The number of thiazole rings is 1. The molecule has 0 amide bonds. The highest BCUT2D eigenvalue weighted by molar-refractivity contribution is 7.15. The molecule has 0 aliphatic heterocycles. The van der Waals surface area contributed by atoms with Crippen molar-refractivity contribution < 1.29 is 0 Å². The van der Waals surface area contributed by atoms with E-state index in [2.05, 4.69) is 10.1 Å². The van der Waals surface area contributed by atoms with Crippen LogP contribution in [0.3, 0.4) is 0 Å². The third-order valence-corrected chi connectivity index (χ3v) is 3.83. The fraction of sp³-hybridized carbons (Fsp3) is 0.111. The molecule has 3 rings (SSSR count). The van der Waals surface area contributed by atoms with E-state index in [1.165, 1.54) is 0 Å². The van der Waals surface area contributed by atoms with Crippen LogP contribution in [0.15, 0.2) is 22.9 Å².